The van der Waals surface area contributed by atoms with Crippen molar-refractivity contribution < 1.29 is 17.6 Å². The van der Waals surface area contributed by atoms with Crippen LogP contribution in [-0.4, -0.2) is 43.2 Å². The van der Waals surface area contributed by atoms with Crippen molar-refractivity contribution in [1.82, 2.24) is 14.6 Å². The third kappa shape index (κ3) is 4.25. The number of nitrogens with zero attached hydrogens (tertiary/aromatic N) is 2. The van der Waals surface area contributed by atoms with E-state index in [1.54, 1.807) is 6.07 Å². The molecule has 6 nitrogen and oxygen atoms in total. The van der Waals surface area contributed by atoms with Crippen molar-refractivity contribution in [2.75, 3.05) is 19.6 Å². The predicted molar refractivity (Wildman–Crippen MR) is 94.5 cm³/mol. The normalized spacial score (nSPS) is 16.3. The van der Waals surface area contributed by atoms with Crippen molar-refractivity contribution in [2.45, 2.75) is 17.7 Å². The lowest BCUT2D eigenvalue weighted by molar-refractivity contribution is 0.0941. The first kappa shape index (κ1) is 18.5. The van der Waals surface area contributed by atoms with Gasteiger partial charge < -0.3 is 5.32 Å². The maximum absolute atomic E-state index is 12.9. The van der Waals surface area contributed by atoms with Crippen LogP contribution in [0.1, 0.15) is 23.2 Å². The van der Waals surface area contributed by atoms with E-state index in [9.17, 15) is 17.6 Å². The minimum absolute atomic E-state index is 0.197. The van der Waals surface area contributed by atoms with Crippen molar-refractivity contribution in [3.05, 3.63) is 60.2 Å². The molecule has 2 aromatic rings. The molecule has 0 unspecified atom stereocenters. The number of benzene rings is 1. The Morgan fingerprint density at radius 2 is 1.88 bits per heavy atom. The second-order valence-corrected chi connectivity index (χ2v) is 8.19. The van der Waals surface area contributed by atoms with Gasteiger partial charge in [-0.3, -0.25) is 9.78 Å². The smallest absolute Gasteiger partial charge is 0.251 e. The van der Waals surface area contributed by atoms with Crippen LogP contribution >= 0.6 is 0 Å². The van der Waals surface area contributed by atoms with Gasteiger partial charge in [-0.25, -0.2) is 12.8 Å². The summed E-state index contributed by atoms with van der Waals surface area (Å²) in [5.74, 6) is -0.432. The molecule has 0 aliphatic carbocycles. The fraction of sp³-hybridized carbons (Fsp3) is 0.333. The molecule has 2 heterocycles. The second-order valence-electron chi connectivity index (χ2n) is 6.25. The average Bonchev–Trinajstić information content (AvgIpc) is 2.67. The van der Waals surface area contributed by atoms with Crippen LogP contribution in [-0.2, 0) is 10.0 Å². The number of halogens is 1. The van der Waals surface area contributed by atoms with Gasteiger partial charge in [0, 0.05) is 37.6 Å². The third-order valence-electron chi connectivity index (χ3n) is 4.50. The molecule has 1 aliphatic rings. The van der Waals surface area contributed by atoms with Crippen molar-refractivity contribution >= 4 is 15.9 Å². The monoisotopic (exact) mass is 377 g/mol. The van der Waals surface area contributed by atoms with Gasteiger partial charge in [0.1, 0.15) is 10.7 Å². The molecule has 0 radical (unpaired) electrons. The standard InChI is InChI=1S/C18H20FN3O3S/c19-16-5-3-15(4-6-16)18(23)21-12-14-7-10-22(11-8-14)26(24,25)17-2-1-9-20-13-17/h1-6,9,13-14H,7-8,10-12H2,(H,21,23). The first-order chi connectivity index (χ1) is 12.5. The first-order valence-corrected chi connectivity index (χ1v) is 9.85. The van der Waals surface area contributed by atoms with Crippen LogP contribution in [0.2, 0.25) is 0 Å². The van der Waals surface area contributed by atoms with E-state index in [4.69, 9.17) is 0 Å². The maximum Gasteiger partial charge on any atom is 0.251 e. The Kier molecular flexibility index (Phi) is 5.63. The SMILES string of the molecule is O=C(NCC1CCN(S(=O)(=O)c2cccnc2)CC1)c1ccc(F)cc1. The number of hydrogen-bond acceptors (Lipinski definition) is 4. The molecule has 0 bridgehead atoms. The Morgan fingerprint density at radius 3 is 2.50 bits per heavy atom. The number of hydrogen-bond donors (Lipinski definition) is 1. The molecule has 26 heavy (non-hydrogen) atoms. The summed E-state index contributed by atoms with van der Waals surface area (Å²) in [4.78, 5) is 16.1. The van der Waals surface area contributed by atoms with Gasteiger partial charge in [-0.05, 0) is 55.2 Å². The van der Waals surface area contributed by atoms with Gasteiger partial charge in [0.25, 0.3) is 5.91 Å². The Labute approximate surface area is 152 Å². The average molecular weight is 377 g/mol. The van der Waals surface area contributed by atoms with Crippen LogP contribution in [0.4, 0.5) is 4.39 Å². The molecule has 1 amide bonds. The van der Waals surface area contributed by atoms with Crippen LogP contribution < -0.4 is 5.32 Å². The third-order valence-corrected chi connectivity index (χ3v) is 6.39. The quantitative estimate of drug-likeness (QED) is 0.865. The summed E-state index contributed by atoms with van der Waals surface area (Å²) in [6.45, 7) is 1.29. The number of sulfonamides is 1. The minimum Gasteiger partial charge on any atom is -0.352 e. The number of carbonyl (C=O) groups excluding carboxylic acids is 1. The summed E-state index contributed by atoms with van der Waals surface area (Å²) in [6.07, 6.45) is 4.23. The number of pyridine rings is 1. The van der Waals surface area contributed by atoms with Crippen LogP contribution in [0.3, 0.4) is 0 Å². The number of amides is 1. The molecule has 0 saturated carbocycles. The van der Waals surface area contributed by atoms with Gasteiger partial charge in [-0.15, -0.1) is 0 Å². The summed E-state index contributed by atoms with van der Waals surface area (Å²) in [7, 11) is -3.52. The van der Waals surface area contributed by atoms with Crippen molar-refractivity contribution in [3.63, 3.8) is 0 Å². The van der Waals surface area contributed by atoms with Crippen LogP contribution in [0.5, 0.6) is 0 Å². The molecular weight excluding hydrogens is 357 g/mol. The summed E-state index contributed by atoms with van der Waals surface area (Å²) in [6, 6.07) is 8.51. The van der Waals surface area contributed by atoms with Gasteiger partial charge in [-0.2, -0.15) is 4.31 Å². The molecule has 138 valence electrons. The fourth-order valence-corrected chi connectivity index (χ4v) is 4.38. The minimum atomic E-state index is -3.52. The van der Waals surface area contributed by atoms with Gasteiger partial charge in [-0.1, -0.05) is 0 Å². The Bertz CT molecular complexity index is 849. The summed E-state index contributed by atoms with van der Waals surface area (Å²) in [5, 5.41) is 2.83. The van der Waals surface area contributed by atoms with Gasteiger partial charge in [0.05, 0.1) is 0 Å². The first-order valence-electron chi connectivity index (χ1n) is 8.41. The second kappa shape index (κ2) is 7.92. The van der Waals surface area contributed by atoms with E-state index in [2.05, 4.69) is 10.3 Å². The van der Waals surface area contributed by atoms with Gasteiger partial charge in [0.2, 0.25) is 10.0 Å². The van der Waals surface area contributed by atoms with Gasteiger partial charge >= 0.3 is 0 Å². The summed E-state index contributed by atoms with van der Waals surface area (Å²) >= 11 is 0. The topological polar surface area (TPSA) is 79.4 Å². The van der Waals surface area contributed by atoms with E-state index in [1.807, 2.05) is 0 Å². The molecule has 0 atom stereocenters. The van der Waals surface area contributed by atoms with Crippen LogP contribution in [0.25, 0.3) is 0 Å². The van der Waals surface area contributed by atoms with E-state index in [0.29, 0.717) is 38.0 Å². The molecular formula is C18H20FN3O3S. The molecule has 1 N–H and O–H groups in total. The lowest BCUT2D eigenvalue weighted by Gasteiger charge is -2.31. The zero-order chi connectivity index (χ0) is 18.6. The molecule has 0 spiro atoms. The number of rotatable bonds is 5. The Balaban J connectivity index is 1.51. The lowest BCUT2D eigenvalue weighted by atomic mass is 9.98. The molecule has 8 heteroatoms. The lowest BCUT2D eigenvalue weighted by Crippen LogP contribution is -2.41. The Hall–Kier alpha value is -2.32. The zero-order valence-electron chi connectivity index (χ0n) is 14.1. The highest BCUT2D eigenvalue weighted by Crippen LogP contribution is 2.23. The van der Waals surface area contributed by atoms with E-state index in [-0.39, 0.29) is 22.5 Å². The van der Waals surface area contributed by atoms with Crippen molar-refractivity contribution in [2.24, 2.45) is 5.92 Å². The number of piperidine rings is 1. The van der Waals surface area contributed by atoms with E-state index < -0.39 is 10.0 Å². The van der Waals surface area contributed by atoms with E-state index in [0.717, 1.165) is 0 Å². The molecule has 1 aromatic heterocycles. The maximum atomic E-state index is 12.9. The highest BCUT2D eigenvalue weighted by atomic mass is 32.2. The Morgan fingerprint density at radius 1 is 1.19 bits per heavy atom. The van der Waals surface area contributed by atoms with E-state index in [1.165, 1.54) is 47.0 Å². The molecule has 3 rings (SSSR count). The molecule has 1 saturated heterocycles. The summed E-state index contributed by atoms with van der Waals surface area (Å²) in [5.41, 5.74) is 0.406. The highest BCUT2D eigenvalue weighted by molar-refractivity contribution is 7.89. The molecule has 1 aliphatic heterocycles. The number of nitrogens with one attached hydrogen (secondary N) is 1. The molecule has 1 fully saturated rings. The highest BCUT2D eigenvalue weighted by Gasteiger charge is 2.29. The number of carbonyl (C=O) groups is 1. The van der Waals surface area contributed by atoms with Crippen LogP contribution in [0, 0.1) is 11.7 Å². The fourth-order valence-electron chi connectivity index (χ4n) is 2.94. The largest absolute Gasteiger partial charge is 0.352 e. The summed E-state index contributed by atoms with van der Waals surface area (Å²) < 4.78 is 39.5. The van der Waals surface area contributed by atoms with E-state index >= 15 is 0 Å². The van der Waals surface area contributed by atoms with Crippen LogP contribution in [0.15, 0.2) is 53.7 Å². The predicted octanol–water partition coefficient (Wildman–Crippen LogP) is 2.05. The number of aromatic nitrogens is 1. The molecule has 1 aromatic carbocycles. The van der Waals surface area contributed by atoms with Crippen molar-refractivity contribution in [3.8, 4) is 0 Å². The van der Waals surface area contributed by atoms with Crippen molar-refractivity contribution in [1.29, 1.82) is 0 Å². The zero-order valence-corrected chi connectivity index (χ0v) is 15.0. The van der Waals surface area contributed by atoms with Gasteiger partial charge in [0.15, 0.2) is 0 Å².